The number of aromatic nitrogens is 2. The Morgan fingerprint density at radius 1 is 1.15 bits per heavy atom. The van der Waals surface area contributed by atoms with E-state index in [1.165, 1.54) is 4.68 Å². The highest BCUT2D eigenvalue weighted by Gasteiger charge is 2.10. The first-order chi connectivity index (χ1) is 13.0. The second-order valence-electron chi connectivity index (χ2n) is 6.67. The maximum Gasteiger partial charge on any atom is 0.275 e. The van der Waals surface area contributed by atoms with Crippen molar-refractivity contribution in [2.24, 2.45) is 0 Å². The average molecular weight is 364 g/mol. The molecule has 3 rings (SSSR count). The van der Waals surface area contributed by atoms with Gasteiger partial charge < -0.3 is 10.2 Å². The molecule has 0 saturated carbocycles. The number of anilines is 2. The van der Waals surface area contributed by atoms with Crippen molar-refractivity contribution in [1.29, 1.82) is 0 Å². The Morgan fingerprint density at radius 2 is 1.85 bits per heavy atom. The van der Waals surface area contributed by atoms with E-state index >= 15 is 0 Å². The molecular formula is C21H24N4O2. The lowest BCUT2D eigenvalue weighted by Gasteiger charge is -2.27. The van der Waals surface area contributed by atoms with Gasteiger partial charge in [0.05, 0.1) is 11.6 Å². The molecule has 0 unspecified atom stereocenters. The molecular weight excluding hydrogens is 340 g/mol. The van der Waals surface area contributed by atoms with E-state index in [1.807, 2.05) is 36.4 Å². The molecule has 0 atom stereocenters. The van der Waals surface area contributed by atoms with Crippen molar-refractivity contribution in [3.05, 3.63) is 65.1 Å². The van der Waals surface area contributed by atoms with E-state index in [-0.39, 0.29) is 18.0 Å². The quantitative estimate of drug-likeness (QED) is 0.729. The summed E-state index contributed by atoms with van der Waals surface area (Å²) in [5.41, 5.74) is 1.53. The Kier molecular flexibility index (Phi) is 5.54. The van der Waals surface area contributed by atoms with Crippen molar-refractivity contribution < 1.29 is 4.79 Å². The minimum Gasteiger partial charge on any atom is -0.369 e. The third kappa shape index (κ3) is 4.16. The van der Waals surface area contributed by atoms with Crippen molar-refractivity contribution in [3.63, 3.8) is 0 Å². The summed E-state index contributed by atoms with van der Waals surface area (Å²) in [5.74, 6) is -0.288. The number of rotatable bonds is 6. The summed E-state index contributed by atoms with van der Waals surface area (Å²) in [6, 6.07) is 15.3. The number of fused-ring (bicyclic) bond motifs is 1. The predicted octanol–water partition coefficient (Wildman–Crippen LogP) is 3.27. The van der Waals surface area contributed by atoms with E-state index < -0.39 is 0 Å². The Balaban J connectivity index is 1.71. The van der Waals surface area contributed by atoms with Gasteiger partial charge in [-0.15, -0.1) is 0 Å². The molecule has 140 valence electrons. The first-order valence-corrected chi connectivity index (χ1v) is 9.11. The Labute approximate surface area is 158 Å². The Morgan fingerprint density at radius 3 is 2.52 bits per heavy atom. The van der Waals surface area contributed by atoms with E-state index in [1.54, 1.807) is 18.3 Å². The monoisotopic (exact) mass is 364 g/mol. The molecule has 1 heterocycles. The summed E-state index contributed by atoms with van der Waals surface area (Å²) < 4.78 is 1.18. The van der Waals surface area contributed by atoms with Crippen LogP contribution < -0.4 is 15.8 Å². The van der Waals surface area contributed by atoms with E-state index in [0.29, 0.717) is 17.1 Å². The van der Waals surface area contributed by atoms with Crippen molar-refractivity contribution in [3.8, 4) is 0 Å². The summed E-state index contributed by atoms with van der Waals surface area (Å²) in [5, 5.41) is 8.23. The summed E-state index contributed by atoms with van der Waals surface area (Å²) in [6.45, 7) is 7.20. The number of amides is 1. The Hall–Kier alpha value is -3.15. The molecule has 3 aromatic rings. The molecule has 0 bridgehead atoms. The van der Waals surface area contributed by atoms with Crippen LogP contribution in [0, 0.1) is 0 Å². The van der Waals surface area contributed by atoms with Crippen LogP contribution in [0.15, 0.2) is 59.5 Å². The van der Waals surface area contributed by atoms with Gasteiger partial charge in [-0.2, -0.15) is 5.10 Å². The van der Waals surface area contributed by atoms with Gasteiger partial charge in [-0.25, -0.2) is 4.68 Å². The molecule has 0 aliphatic rings. The third-order valence-electron chi connectivity index (χ3n) is 4.50. The van der Waals surface area contributed by atoms with Crippen LogP contribution in [0.5, 0.6) is 0 Å². The van der Waals surface area contributed by atoms with Gasteiger partial charge in [0.2, 0.25) is 5.91 Å². The normalized spacial score (nSPS) is 11.0. The van der Waals surface area contributed by atoms with Crippen LogP contribution in [-0.2, 0) is 11.3 Å². The molecule has 1 aromatic heterocycles. The number of nitrogens with zero attached hydrogens (tertiary/aromatic N) is 3. The van der Waals surface area contributed by atoms with Gasteiger partial charge in [-0.1, -0.05) is 18.2 Å². The van der Waals surface area contributed by atoms with Gasteiger partial charge in [0, 0.05) is 29.3 Å². The molecule has 0 spiro atoms. The first-order valence-electron chi connectivity index (χ1n) is 9.11. The van der Waals surface area contributed by atoms with Gasteiger partial charge >= 0.3 is 0 Å². The summed E-state index contributed by atoms with van der Waals surface area (Å²) in [4.78, 5) is 27.0. The standard InChI is InChI=1S/C21H24N4O2/c1-4-24(15(2)3)18-11-9-17(10-12-18)23-20(26)14-25-21(27)19-8-6-5-7-16(19)13-22-25/h5-13,15H,4,14H2,1-3H3,(H,23,26). The highest BCUT2D eigenvalue weighted by atomic mass is 16.2. The molecule has 1 N–H and O–H groups in total. The SMILES string of the molecule is CCN(c1ccc(NC(=O)Cn2ncc3ccccc3c2=O)cc1)C(C)C. The highest BCUT2D eigenvalue weighted by Crippen LogP contribution is 2.19. The van der Waals surface area contributed by atoms with Gasteiger partial charge in [-0.05, 0) is 51.1 Å². The summed E-state index contributed by atoms with van der Waals surface area (Å²) in [7, 11) is 0. The van der Waals surface area contributed by atoms with Crippen LogP contribution in [0.2, 0.25) is 0 Å². The lowest BCUT2D eigenvalue weighted by molar-refractivity contribution is -0.117. The molecule has 1 amide bonds. The molecule has 0 aliphatic heterocycles. The first kappa shape index (κ1) is 18.6. The van der Waals surface area contributed by atoms with Crippen molar-refractivity contribution in [1.82, 2.24) is 9.78 Å². The number of benzene rings is 2. The molecule has 0 saturated heterocycles. The lowest BCUT2D eigenvalue weighted by Crippen LogP contribution is -2.30. The maximum absolute atomic E-state index is 12.4. The minimum absolute atomic E-state index is 0.126. The van der Waals surface area contributed by atoms with Crippen LogP contribution in [0.25, 0.3) is 10.8 Å². The lowest BCUT2D eigenvalue weighted by atomic mass is 10.2. The fourth-order valence-corrected chi connectivity index (χ4v) is 3.16. The number of carbonyl (C=O) groups excluding carboxylic acids is 1. The molecule has 27 heavy (non-hydrogen) atoms. The summed E-state index contributed by atoms with van der Waals surface area (Å²) >= 11 is 0. The van der Waals surface area contributed by atoms with Crippen molar-refractivity contribution >= 4 is 28.1 Å². The number of hydrogen-bond acceptors (Lipinski definition) is 4. The molecule has 2 aromatic carbocycles. The summed E-state index contributed by atoms with van der Waals surface area (Å²) in [6.07, 6.45) is 1.60. The molecule has 0 fully saturated rings. The second kappa shape index (κ2) is 8.03. The van der Waals surface area contributed by atoms with E-state index in [2.05, 4.69) is 36.1 Å². The van der Waals surface area contributed by atoms with Gasteiger partial charge in [0.1, 0.15) is 6.54 Å². The van der Waals surface area contributed by atoms with Gasteiger partial charge in [0.25, 0.3) is 5.56 Å². The number of nitrogens with one attached hydrogen (secondary N) is 1. The van der Waals surface area contributed by atoms with Crippen LogP contribution in [0.4, 0.5) is 11.4 Å². The number of carbonyl (C=O) groups is 1. The molecule has 6 nitrogen and oxygen atoms in total. The van der Waals surface area contributed by atoms with E-state index in [0.717, 1.165) is 17.6 Å². The fraction of sp³-hybridized carbons (Fsp3) is 0.286. The van der Waals surface area contributed by atoms with Crippen LogP contribution in [-0.4, -0.2) is 28.3 Å². The molecule has 0 aliphatic carbocycles. The minimum atomic E-state index is -0.288. The van der Waals surface area contributed by atoms with Crippen molar-refractivity contribution in [2.45, 2.75) is 33.4 Å². The van der Waals surface area contributed by atoms with Gasteiger partial charge in [-0.3, -0.25) is 9.59 Å². The zero-order valence-corrected chi connectivity index (χ0v) is 15.8. The van der Waals surface area contributed by atoms with Gasteiger partial charge in [0.15, 0.2) is 0 Å². The largest absolute Gasteiger partial charge is 0.369 e. The Bertz CT molecular complexity index is 993. The van der Waals surface area contributed by atoms with Crippen molar-refractivity contribution in [2.75, 3.05) is 16.8 Å². The predicted molar refractivity (Wildman–Crippen MR) is 109 cm³/mol. The second-order valence-corrected chi connectivity index (χ2v) is 6.67. The molecule has 0 radical (unpaired) electrons. The van der Waals surface area contributed by atoms with Crippen LogP contribution in [0.3, 0.4) is 0 Å². The van der Waals surface area contributed by atoms with E-state index in [4.69, 9.17) is 0 Å². The third-order valence-corrected chi connectivity index (χ3v) is 4.50. The maximum atomic E-state index is 12.4. The number of hydrogen-bond donors (Lipinski definition) is 1. The van der Waals surface area contributed by atoms with E-state index in [9.17, 15) is 9.59 Å². The zero-order chi connectivity index (χ0) is 19.4. The smallest absolute Gasteiger partial charge is 0.275 e. The highest BCUT2D eigenvalue weighted by molar-refractivity contribution is 5.91. The fourth-order valence-electron chi connectivity index (χ4n) is 3.16. The molecule has 6 heteroatoms. The van der Waals surface area contributed by atoms with Crippen LogP contribution >= 0.6 is 0 Å². The topological polar surface area (TPSA) is 67.2 Å². The van der Waals surface area contributed by atoms with Crippen LogP contribution in [0.1, 0.15) is 20.8 Å². The average Bonchev–Trinajstić information content (AvgIpc) is 2.66. The zero-order valence-electron chi connectivity index (χ0n) is 15.8.